The summed E-state index contributed by atoms with van der Waals surface area (Å²) in [6, 6.07) is 5.72. The Morgan fingerprint density at radius 3 is 2.67 bits per heavy atom. The van der Waals surface area contributed by atoms with Gasteiger partial charge in [0, 0.05) is 23.6 Å². The molecule has 3 aromatic heterocycles. The van der Waals surface area contributed by atoms with E-state index in [-0.39, 0.29) is 19.1 Å². The summed E-state index contributed by atoms with van der Waals surface area (Å²) in [5, 5.41) is 11.7. The number of hydrogen-bond acceptors (Lipinski definition) is 5. The number of anilines is 2. The maximum atomic E-state index is 13.6. The number of aromatic nitrogens is 4. The highest BCUT2D eigenvalue weighted by atomic mass is 19.2. The molecule has 3 aromatic rings. The smallest absolute Gasteiger partial charge is 0.150 e. The van der Waals surface area contributed by atoms with Crippen molar-refractivity contribution in [3.05, 3.63) is 30.1 Å². The second kappa shape index (κ2) is 6.75. The Morgan fingerprint density at radius 1 is 1.22 bits per heavy atom. The van der Waals surface area contributed by atoms with Gasteiger partial charge in [-0.25, -0.2) is 13.8 Å². The van der Waals surface area contributed by atoms with Crippen LogP contribution in [0.25, 0.3) is 22.3 Å². The van der Waals surface area contributed by atoms with Gasteiger partial charge in [-0.2, -0.15) is 5.10 Å². The van der Waals surface area contributed by atoms with Gasteiger partial charge in [-0.15, -0.1) is 0 Å². The number of aryl methyl sites for hydroxylation is 1. The molecule has 8 heteroatoms. The number of alkyl halides is 2. The van der Waals surface area contributed by atoms with Gasteiger partial charge in [-0.05, 0) is 39.0 Å². The van der Waals surface area contributed by atoms with Gasteiger partial charge in [0.25, 0.3) is 0 Å². The number of fused-ring (bicyclic) bond motifs is 1. The molecule has 0 unspecified atom stereocenters. The Kier molecular flexibility index (Phi) is 4.41. The molecule has 6 nitrogen and oxygen atoms in total. The summed E-state index contributed by atoms with van der Waals surface area (Å²) in [5.74, 6) is 0.741. The van der Waals surface area contributed by atoms with Crippen molar-refractivity contribution in [3.63, 3.8) is 0 Å². The molecule has 2 N–H and O–H groups in total. The lowest BCUT2D eigenvalue weighted by molar-refractivity contribution is 0.217. The number of pyridine rings is 2. The molecule has 0 radical (unpaired) electrons. The van der Waals surface area contributed by atoms with E-state index in [1.807, 2.05) is 32.9 Å². The van der Waals surface area contributed by atoms with Crippen LogP contribution in [0.1, 0.15) is 19.5 Å². The van der Waals surface area contributed by atoms with Crippen molar-refractivity contribution in [1.29, 1.82) is 0 Å². The number of nitrogens with one attached hydrogen (secondary N) is 2. The number of halogens is 2. The van der Waals surface area contributed by atoms with E-state index in [1.54, 1.807) is 17.2 Å². The zero-order valence-electron chi connectivity index (χ0n) is 15.5. The predicted molar refractivity (Wildman–Crippen MR) is 103 cm³/mol. The number of aromatic amines is 1. The fourth-order valence-electron chi connectivity index (χ4n) is 3.42. The molecule has 4 heterocycles. The highest BCUT2D eigenvalue weighted by Crippen LogP contribution is 2.33. The van der Waals surface area contributed by atoms with Gasteiger partial charge in [0.05, 0.1) is 29.7 Å². The number of hydrogen-bond donors (Lipinski definition) is 2. The standard InChI is InChI=1S/C19H22F2N6/c1-10(2)23-19-17-15(6-11(3)24-19)25-26-18(17)16-7-12(4-5-22-16)27-8-13(20)14(21)9-27/h4-7,10,13-14H,8-9H2,1-3H3,(H,23,24)(H,25,26)/t13-,14-/m1/s1. The van der Waals surface area contributed by atoms with Crippen LogP contribution in [0.4, 0.5) is 20.3 Å². The van der Waals surface area contributed by atoms with Crippen LogP contribution < -0.4 is 10.2 Å². The van der Waals surface area contributed by atoms with Crippen molar-refractivity contribution in [3.8, 4) is 11.4 Å². The monoisotopic (exact) mass is 372 g/mol. The Bertz CT molecular complexity index is 960. The van der Waals surface area contributed by atoms with Crippen LogP contribution >= 0.6 is 0 Å². The fraction of sp³-hybridized carbons (Fsp3) is 0.421. The third-order valence-corrected chi connectivity index (χ3v) is 4.63. The number of rotatable bonds is 4. The first-order valence-corrected chi connectivity index (χ1v) is 9.04. The first kappa shape index (κ1) is 17.6. The highest BCUT2D eigenvalue weighted by molar-refractivity contribution is 6.00. The van der Waals surface area contributed by atoms with Gasteiger partial charge in [-0.3, -0.25) is 10.1 Å². The molecule has 1 fully saturated rings. The summed E-state index contributed by atoms with van der Waals surface area (Å²) < 4.78 is 27.2. The summed E-state index contributed by atoms with van der Waals surface area (Å²) in [5.41, 5.74) is 3.77. The summed E-state index contributed by atoms with van der Waals surface area (Å²) in [4.78, 5) is 10.7. The molecular weight excluding hydrogens is 350 g/mol. The van der Waals surface area contributed by atoms with E-state index in [0.717, 1.165) is 28.1 Å². The molecule has 0 amide bonds. The minimum absolute atomic E-state index is 0.0485. The van der Waals surface area contributed by atoms with Crippen LogP contribution in [0.5, 0.6) is 0 Å². The number of nitrogens with zero attached hydrogens (tertiary/aromatic N) is 4. The normalized spacial score (nSPS) is 20.0. The lowest BCUT2D eigenvalue weighted by atomic mass is 10.1. The van der Waals surface area contributed by atoms with E-state index in [4.69, 9.17) is 0 Å². The molecule has 142 valence electrons. The molecule has 1 aliphatic heterocycles. The summed E-state index contributed by atoms with van der Waals surface area (Å²) in [6.45, 7) is 6.11. The Balaban J connectivity index is 1.78. The number of H-pyrrole nitrogens is 1. The molecular formula is C19H22F2N6. The van der Waals surface area contributed by atoms with Gasteiger partial charge in [0.15, 0.2) is 12.3 Å². The first-order valence-electron chi connectivity index (χ1n) is 9.04. The van der Waals surface area contributed by atoms with Gasteiger partial charge in [-0.1, -0.05) is 0 Å². The van der Waals surface area contributed by atoms with Crippen LogP contribution in [0, 0.1) is 6.92 Å². The van der Waals surface area contributed by atoms with E-state index >= 15 is 0 Å². The Hall–Kier alpha value is -2.77. The lowest BCUT2D eigenvalue weighted by Crippen LogP contribution is -2.20. The second-order valence-corrected chi connectivity index (χ2v) is 7.24. The maximum Gasteiger partial charge on any atom is 0.150 e. The molecule has 4 rings (SSSR count). The third-order valence-electron chi connectivity index (χ3n) is 4.63. The average molecular weight is 372 g/mol. The zero-order chi connectivity index (χ0) is 19.1. The van der Waals surface area contributed by atoms with Crippen molar-refractivity contribution in [2.45, 2.75) is 39.2 Å². The first-order chi connectivity index (χ1) is 12.9. The van der Waals surface area contributed by atoms with E-state index < -0.39 is 12.3 Å². The van der Waals surface area contributed by atoms with Crippen molar-refractivity contribution in [2.75, 3.05) is 23.3 Å². The van der Waals surface area contributed by atoms with Gasteiger partial charge >= 0.3 is 0 Å². The van der Waals surface area contributed by atoms with E-state index in [9.17, 15) is 8.78 Å². The molecule has 0 bridgehead atoms. The topological polar surface area (TPSA) is 69.7 Å². The maximum absolute atomic E-state index is 13.6. The Morgan fingerprint density at radius 2 is 1.96 bits per heavy atom. The van der Waals surface area contributed by atoms with Crippen LogP contribution in [-0.2, 0) is 0 Å². The minimum atomic E-state index is -1.46. The van der Waals surface area contributed by atoms with E-state index in [0.29, 0.717) is 11.4 Å². The molecule has 1 aliphatic rings. The summed E-state index contributed by atoms with van der Waals surface area (Å²) >= 11 is 0. The molecule has 1 saturated heterocycles. The minimum Gasteiger partial charge on any atom is -0.367 e. The van der Waals surface area contributed by atoms with Crippen LogP contribution in [0.2, 0.25) is 0 Å². The lowest BCUT2D eigenvalue weighted by Gasteiger charge is -2.17. The average Bonchev–Trinajstić information content (AvgIpc) is 3.18. The molecule has 0 aliphatic carbocycles. The van der Waals surface area contributed by atoms with Crippen LogP contribution in [-0.4, -0.2) is 51.6 Å². The quantitative estimate of drug-likeness (QED) is 0.732. The van der Waals surface area contributed by atoms with Gasteiger partial charge < -0.3 is 10.2 Å². The molecule has 0 spiro atoms. The van der Waals surface area contributed by atoms with E-state index in [2.05, 4.69) is 25.5 Å². The van der Waals surface area contributed by atoms with Gasteiger partial charge in [0.1, 0.15) is 11.5 Å². The molecule has 0 saturated carbocycles. The Labute approximate surface area is 156 Å². The van der Waals surface area contributed by atoms with Crippen molar-refractivity contribution < 1.29 is 8.78 Å². The van der Waals surface area contributed by atoms with E-state index in [1.165, 1.54) is 0 Å². The van der Waals surface area contributed by atoms with Crippen LogP contribution in [0.3, 0.4) is 0 Å². The largest absolute Gasteiger partial charge is 0.367 e. The SMILES string of the molecule is Cc1cc2[nH]nc(-c3cc(N4C[C@@H](F)[C@H](F)C4)ccn3)c2c(NC(C)C)n1. The molecule has 0 aromatic carbocycles. The van der Waals surface area contributed by atoms with Crippen molar-refractivity contribution in [1.82, 2.24) is 20.2 Å². The molecule has 27 heavy (non-hydrogen) atoms. The summed E-state index contributed by atoms with van der Waals surface area (Å²) in [6.07, 6.45) is -1.27. The van der Waals surface area contributed by atoms with Crippen molar-refractivity contribution in [2.24, 2.45) is 0 Å². The summed E-state index contributed by atoms with van der Waals surface area (Å²) in [7, 11) is 0. The highest BCUT2D eigenvalue weighted by Gasteiger charge is 2.33. The van der Waals surface area contributed by atoms with Crippen molar-refractivity contribution >= 4 is 22.4 Å². The van der Waals surface area contributed by atoms with Gasteiger partial charge in [0.2, 0.25) is 0 Å². The predicted octanol–water partition coefficient (Wildman–Crippen LogP) is 3.64. The second-order valence-electron chi connectivity index (χ2n) is 7.24. The fourth-order valence-corrected chi connectivity index (χ4v) is 3.42. The zero-order valence-corrected chi connectivity index (χ0v) is 15.5. The van der Waals surface area contributed by atoms with Crippen LogP contribution in [0.15, 0.2) is 24.4 Å². The molecule has 2 atom stereocenters. The third kappa shape index (κ3) is 3.31.